The topological polar surface area (TPSA) is 29.3 Å². The molecular formula is C15H34N2. The molecule has 0 unspecified atom stereocenters. The summed E-state index contributed by atoms with van der Waals surface area (Å²) in [7, 11) is 0. The van der Waals surface area contributed by atoms with Crippen LogP contribution in [0.5, 0.6) is 0 Å². The van der Waals surface area contributed by atoms with Crippen molar-refractivity contribution in [2.45, 2.75) is 66.3 Å². The van der Waals surface area contributed by atoms with Crippen LogP contribution in [0.4, 0.5) is 0 Å². The Morgan fingerprint density at radius 3 is 1.59 bits per heavy atom. The van der Waals surface area contributed by atoms with Gasteiger partial charge in [0.15, 0.2) is 0 Å². The molecule has 2 heteroatoms. The zero-order valence-electron chi connectivity index (χ0n) is 12.9. The normalized spacial score (nSPS) is 13.1. The molecule has 0 aromatic rings. The van der Waals surface area contributed by atoms with Crippen LogP contribution in [0.15, 0.2) is 0 Å². The van der Waals surface area contributed by atoms with Crippen LogP contribution in [0.1, 0.15) is 60.8 Å². The quantitative estimate of drug-likeness (QED) is 0.670. The van der Waals surface area contributed by atoms with Gasteiger partial charge >= 0.3 is 0 Å². The Morgan fingerprint density at radius 1 is 0.882 bits per heavy atom. The van der Waals surface area contributed by atoms with Gasteiger partial charge in [0.25, 0.3) is 0 Å². The highest BCUT2D eigenvalue weighted by Gasteiger charge is 2.14. The van der Waals surface area contributed by atoms with Gasteiger partial charge in [-0.25, -0.2) is 0 Å². The fourth-order valence-electron chi connectivity index (χ4n) is 1.66. The first-order chi connectivity index (χ1) is 7.70. The first-order valence-corrected chi connectivity index (χ1v) is 7.22. The lowest BCUT2D eigenvalue weighted by molar-refractivity contribution is 0.224. The number of nitrogens with two attached hydrogens (primary N) is 1. The molecule has 0 rings (SSSR count). The SMILES string of the molecule is CC(C)CCN(CCC(C)C)CCC(C)(C)N. The molecule has 2 nitrogen and oxygen atoms in total. The van der Waals surface area contributed by atoms with Gasteiger partial charge in [-0.1, -0.05) is 27.7 Å². The van der Waals surface area contributed by atoms with Crippen molar-refractivity contribution < 1.29 is 0 Å². The summed E-state index contributed by atoms with van der Waals surface area (Å²) in [5, 5.41) is 0. The molecule has 0 heterocycles. The number of rotatable bonds is 9. The minimum Gasteiger partial charge on any atom is -0.326 e. The van der Waals surface area contributed by atoms with Crippen molar-refractivity contribution in [2.24, 2.45) is 17.6 Å². The molecule has 0 fully saturated rings. The zero-order chi connectivity index (χ0) is 13.5. The molecule has 0 aliphatic heterocycles. The van der Waals surface area contributed by atoms with E-state index in [1.165, 1.54) is 25.9 Å². The predicted octanol–water partition coefficient (Wildman–Crippen LogP) is 3.51. The van der Waals surface area contributed by atoms with Crippen molar-refractivity contribution >= 4 is 0 Å². The Labute approximate surface area is 109 Å². The molecule has 0 spiro atoms. The molecule has 0 saturated carbocycles. The smallest absolute Gasteiger partial charge is 0.0109 e. The Balaban J connectivity index is 4.01. The lowest BCUT2D eigenvalue weighted by Gasteiger charge is -2.28. The van der Waals surface area contributed by atoms with Gasteiger partial charge in [0, 0.05) is 5.54 Å². The summed E-state index contributed by atoms with van der Waals surface area (Å²) >= 11 is 0. The molecule has 104 valence electrons. The maximum Gasteiger partial charge on any atom is 0.0109 e. The number of hydrogen-bond donors (Lipinski definition) is 1. The molecule has 0 radical (unpaired) electrons. The fourth-order valence-corrected chi connectivity index (χ4v) is 1.66. The highest BCUT2D eigenvalue weighted by Crippen LogP contribution is 2.10. The van der Waals surface area contributed by atoms with E-state index in [9.17, 15) is 0 Å². The maximum atomic E-state index is 6.07. The third-order valence-electron chi connectivity index (χ3n) is 3.12. The van der Waals surface area contributed by atoms with E-state index in [-0.39, 0.29) is 5.54 Å². The van der Waals surface area contributed by atoms with Crippen LogP contribution in [-0.2, 0) is 0 Å². The minimum atomic E-state index is -0.0338. The summed E-state index contributed by atoms with van der Waals surface area (Å²) in [5.41, 5.74) is 6.04. The third kappa shape index (κ3) is 12.2. The Kier molecular flexibility index (Phi) is 8.06. The van der Waals surface area contributed by atoms with Gasteiger partial charge in [0.05, 0.1) is 0 Å². The Bertz CT molecular complexity index is 168. The highest BCUT2D eigenvalue weighted by atomic mass is 15.1. The lowest BCUT2D eigenvalue weighted by atomic mass is 10.0. The van der Waals surface area contributed by atoms with E-state index < -0.39 is 0 Å². The number of nitrogens with zero attached hydrogens (tertiary/aromatic N) is 1. The molecule has 0 saturated heterocycles. The Morgan fingerprint density at radius 2 is 1.29 bits per heavy atom. The standard InChI is InChI=1S/C15H34N2/c1-13(2)7-10-17(11-8-14(3)4)12-9-15(5,6)16/h13-14H,7-12,16H2,1-6H3. The second-order valence-corrected chi connectivity index (χ2v) is 6.95. The highest BCUT2D eigenvalue weighted by molar-refractivity contribution is 4.74. The van der Waals surface area contributed by atoms with Crippen molar-refractivity contribution in [1.29, 1.82) is 0 Å². The van der Waals surface area contributed by atoms with E-state index in [4.69, 9.17) is 5.73 Å². The largest absolute Gasteiger partial charge is 0.326 e. The van der Waals surface area contributed by atoms with Crippen LogP contribution in [0.3, 0.4) is 0 Å². The van der Waals surface area contributed by atoms with Crippen molar-refractivity contribution in [3.05, 3.63) is 0 Å². The summed E-state index contributed by atoms with van der Waals surface area (Å²) in [6.07, 6.45) is 3.68. The van der Waals surface area contributed by atoms with Gasteiger partial charge in [-0.3, -0.25) is 0 Å². The van der Waals surface area contributed by atoms with Gasteiger partial charge in [0.2, 0.25) is 0 Å². The molecule has 17 heavy (non-hydrogen) atoms. The van der Waals surface area contributed by atoms with Crippen LogP contribution in [0.2, 0.25) is 0 Å². The summed E-state index contributed by atoms with van der Waals surface area (Å²) in [4.78, 5) is 2.59. The first kappa shape index (κ1) is 16.9. The van der Waals surface area contributed by atoms with Gasteiger partial charge in [0.1, 0.15) is 0 Å². The van der Waals surface area contributed by atoms with E-state index in [0.717, 1.165) is 24.8 Å². The minimum absolute atomic E-state index is 0.0338. The lowest BCUT2D eigenvalue weighted by Crippen LogP contribution is -2.38. The van der Waals surface area contributed by atoms with Gasteiger partial charge in [-0.2, -0.15) is 0 Å². The molecule has 0 bridgehead atoms. The van der Waals surface area contributed by atoms with Crippen molar-refractivity contribution in [3.63, 3.8) is 0 Å². The molecule has 0 atom stereocenters. The van der Waals surface area contributed by atoms with Crippen molar-refractivity contribution in [3.8, 4) is 0 Å². The molecule has 0 aliphatic rings. The fraction of sp³-hybridized carbons (Fsp3) is 1.00. The van der Waals surface area contributed by atoms with Crippen LogP contribution in [0.25, 0.3) is 0 Å². The van der Waals surface area contributed by atoms with Crippen LogP contribution >= 0.6 is 0 Å². The number of hydrogen-bond acceptors (Lipinski definition) is 2. The molecule has 0 amide bonds. The molecule has 2 N–H and O–H groups in total. The predicted molar refractivity (Wildman–Crippen MR) is 78.2 cm³/mol. The molecule has 0 aromatic carbocycles. The van der Waals surface area contributed by atoms with Gasteiger partial charge in [-0.05, 0) is 64.6 Å². The van der Waals surface area contributed by atoms with Gasteiger partial charge < -0.3 is 10.6 Å². The maximum absolute atomic E-state index is 6.07. The monoisotopic (exact) mass is 242 g/mol. The van der Waals surface area contributed by atoms with Crippen LogP contribution in [-0.4, -0.2) is 30.1 Å². The average molecular weight is 242 g/mol. The Hall–Kier alpha value is -0.0800. The van der Waals surface area contributed by atoms with Crippen LogP contribution in [0, 0.1) is 11.8 Å². The van der Waals surface area contributed by atoms with E-state index >= 15 is 0 Å². The van der Waals surface area contributed by atoms with E-state index in [2.05, 4.69) is 46.4 Å². The molecule has 0 aromatic heterocycles. The third-order valence-corrected chi connectivity index (χ3v) is 3.12. The van der Waals surface area contributed by atoms with E-state index in [1.54, 1.807) is 0 Å². The summed E-state index contributed by atoms with van der Waals surface area (Å²) < 4.78 is 0. The first-order valence-electron chi connectivity index (χ1n) is 7.22. The summed E-state index contributed by atoms with van der Waals surface area (Å²) in [6.45, 7) is 17.0. The van der Waals surface area contributed by atoms with Crippen LogP contribution < -0.4 is 5.73 Å². The van der Waals surface area contributed by atoms with Gasteiger partial charge in [-0.15, -0.1) is 0 Å². The molecular weight excluding hydrogens is 208 g/mol. The van der Waals surface area contributed by atoms with Crippen molar-refractivity contribution in [2.75, 3.05) is 19.6 Å². The summed E-state index contributed by atoms with van der Waals surface area (Å²) in [6, 6.07) is 0. The average Bonchev–Trinajstić information content (AvgIpc) is 2.14. The zero-order valence-corrected chi connectivity index (χ0v) is 12.9. The summed E-state index contributed by atoms with van der Waals surface area (Å²) in [5.74, 6) is 1.59. The van der Waals surface area contributed by atoms with E-state index in [1.807, 2.05) is 0 Å². The second kappa shape index (κ2) is 8.10. The molecule has 0 aliphatic carbocycles. The second-order valence-electron chi connectivity index (χ2n) is 6.95. The van der Waals surface area contributed by atoms with Crippen molar-refractivity contribution in [1.82, 2.24) is 4.90 Å². The van der Waals surface area contributed by atoms with E-state index in [0.29, 0.717) is 0 Å².